The molecule has 1 aliphatic rings. The maximum Gasteiger partial charge on any atom is 0.228 e. The molecule has 1 aromatic rings. The van der Waals surface area contributed by atoms with E-state index in [4.69, 9.17) is 4.74 Å². The zero-order valence-electron chi connectivity index (χ0n) is 12.4. The number of rotatable bonds is 6. The molecule has 0 bridgehead atoms. The van der Waals surface area contributed by atoms with Gasteiger partial charge < -0.3 is 9.64 Å². The van der Waals surface area contributed by atoms with Crippen LogP contribution in [-0.4, -0.2) is 34.0 Å². The summed E-state index contributed by atoms with van der Waals surface area (Å²) in [5.41, 5.74) is 0. The first kappa shape index (κ1) is 15.5. The van der Waals surface area contributed by atoms with Gasteiger partial charge in [0.2, 0.25) is 11.8 Å². The van der Waals surface area contributed by atoms with Crippen LogP contribution in [0.4, 0.5) is 5.95 Å². The summed E-state index contributed by atoms with van der Waals surface area (Å²) in [7, 11) is 0. The minimum absolute atomic E-state index is 0.136. The van der Waals surface area contributed by atoms with Gasteiger partial charge in [-0.3, -0.25) is 0 Å². The van der Waals surface area contributed by atoms with Crippen molar-refractivity contribution >= 4 is 21.9 Å². The number of halogens is 1. The number of hydrogen-bond donors (Lipinski definition) is 0. The normalized spacial score (nSPS) is 16.4. The minimum atomic E-state index is 0.136. The van der Waals surface area contributed by atoms with E-state index in [1.54, 1.807) is 6.20 Å². The Balaban J connectivity index is 2.15. The summed E-state index contributed by atoms with van der Waals surface area (Å²) in [6.45, 7) is 4.97. The van der Waals surface area contributed by atoms with Crippen molar-refractivity contribution in [1.82, 2.24) is 9.97 Å². The molecule has 1 aromatic heterocycles. The standard InChI is InChI=1S/C15H24BrN3O/c1-12(2)20-14-8-10-17-15(18-14)19(11-9-16)13-6-4-3-5-7-13/h8,10,12-13H,3-7,9,11H2,1-2H3. The van der Waals surface area contributed by atoms with Crippen LogP contribution >= 0.6 is 15.9 Å². The number of hydrogen-bond acceptors (Lipinski definition) is 4. The molecule has 1 saturated carbocycles. The van der Waals surface area contributed by atoms with Gasteiger partial charge in [-0.15, -0.1) is 0 Å². The van der Waals surface area contributed by atoms with Crippen molar-refractivity contribution in [2.75, 3.05) is 16.8 Å². The van der Waals surface area contributed by atoms with Gasteiger partial charge in [-0.1, -0.05) is 35.2 Å². The lowest BCUT2D eigenvalue weighted by molar-refractivity contribution is 0.232. The fraction of sp³-hybridized carbons (Fsp3) is 0.733. The Bertz CT molecular complexity index is 408. The highest BCUT2D eigenvalue weighted by molar-refractivity contribution is 9.09. The maximum absolute atomic E-state index is 5.68. The van der Waals surface area contributed by atoms with Crippen LogP contribution in [0.25, 0.3) is 0 Å². The summed E-state index contributed by atoms with van der Waals surface area (Å²) in [6.07, 6.45) is 8.39. The van der Waals surface area contributed by atoms with E-state index >= 15 is 0 Å². The predicted molar refractivity (Wildman–Crippen MR) is 85.8 cm³/mol. The van der Waals surface area contributed by atoms with Gasteiger partial charge in [-0.25, -0.2) is 4.98 Å². The molecule has 0 radical (unpaired) electrons. The largest absolute Gasteiger partial charge is 0.475 e. The van der Waals surface area contributed by atoms with Crippen molar-refractivity contribution in [2.24, 2.45) is 0 Å². The molecule has 0 atom stereocenters. The Morgan fingerprint density at radius 3 is 2.75 bits per heavy atom. The second kappa shape index (κ2) is 7.81. The molecule has 5 heteroatoms. The molecule has 0 unspecified atom stereocenters. The van der Waals surface area contributed by atoms with Crippen LogP contribution in [0.5, 0.6) is 5.88 Å². The monoisotopic (exact) mass is 341 g/mol. The third-order valence-electron chi connectivity index (χ3n) is 3.57. The lowest BCUT2D eigenvalue weighted by Gasteiger charge is -2.34. The topological polar surface area (TPSA) is 38.2 Å². The molecule has 112 valence electrons. The van der Waals surface area contributed by atoms with Crippen molar-refractivity contribution in [1.29, 1.82) is 0 Å². The lowest BCUT2D eigenvalue weighted by atomic mass is 9.94. The maximum atomic E-state index is 5.68. The summed E-state index contributed by atoms with van der Waals surface area (Å²) >= 11 is 3.54. The number of anilines is 1. The van der Waals surface area contributed by atoms with E-state index in [-0.39, 0.29) is 6.10 Å². The van der Waals surface area contributed by atoms with E-state index < -0.39 is 0 Å². The molecular weight excluding hydrogens is 318 g/mol. The molecule has 1 fully saturated rings. The average molecular weight is 342 g/mol. The van der Waals surface area contributed by atoms with E-state index in [0.717, 1.165) is 17.8 Å². The molecule has 1 heterocycles. The molecule has 0 N–H and O–H groups in total. The fourth-order valence-electron chi connectivity index (χ4n) is 2.71. The highest BCUT2D eigenvalue weighted by Gasteiger charge is 2.23. The first-order valence-corrected chi connectivity index (χ1v) is 8.65. The highest BCUT2D eigenvalue weighted by Crippen LogP contribution is 2.26. The zero-order valence-corrected chi connectivity index (χ0v) is 14.0. The third kappa shape index (κ3) is 4.33. The van der Waals surface area contributed by atoms with Crippen LogP contribution < -0.4 is 9.64 Å². The van der Waals surface area contributed by atoms with Crippen LogP contribution in [0.15, 0.2) is 12.3 Å². The summed E-state index contributed by atoms with van der Waals surface area (Å²) in [5.74, 6) is 1.47. The second-order valence-corrected chi connectivity index (χ2v) is 6.33. The van der Waals surface area contributed by atoms with Gasteiger partial charge >= 0.3 is 0 Å². The van der Waals surface area contributed by atoms with Gasteiger partial charge in [0.05, 0.1) is 6.10 Å². The van der Waals surface area contributed by atoms with Crippen molar-refractivity contribution in [3.05, 3.63) is 12.3 Å². The predicted octanol–water partition coefficient (Wildman–Crippen LogP) is 3.80. The molecule has 0 aliphatic heterocycles. The van der Waals surface area contributed by atoms with Crippen LogP contribution in [0, 0.1) is 0 Å². The van der Waals surface area contributed by atoms with Gasteiger partial charge in [0.15, 0.2) is 0 Å². The van der Waals surface area contributed by atoms with Crippen LogP contribution in [0.2, 0.25) is 0 Å². The first-order valence-electron chi connectivity index (χ1n) is 7.53. The fourth-order valence-corrected chi connectivity index (χ4v) is 3.09. The summed E-state index contributed by atoms with van der Waals surface area (Å²) in [4.78, 5) is 11.4. The van der Waals surface area contributed by atoms with E-state index in [1.807, 2.05) is 19.9 Å². The molecule has 1 aliphatic carbocycles. The van der Waals surface area contributed by atoms with Crippen LogP contribution in [0.3, 0.4) is 0 Å². The molecule has 4 nitrogen and oxygen atoms in total. The van der Waals surface area contributed by atoms with E-state index in [1.165, 1.54) is 32.1 Å². The van der Waals surface area contributed by atoms with Gasteiger partial charge in [-0.2, -0.15) is 4.98 Å². The van der Waals surface area contributed by atoms with Crippen molar-refractivity contribution in [3.8, 4) is 5.88 Å². The molecule has 0 aromatic carbocycles. The van der Waals surface area contributed by atoms with Gasteiger partial charge in [0.25, 0.3) is 0 Å². The summed E-state index contributed by atoms with van der Waals surface area (Å²) in [5, 5.41) is 0.933. The Morgan fingerprint density at radius 2 is 2.10 bits per heavy atom. The SMILES string of the molecule is CC(C)Oc1ccnc(N(CCBr)C2CCCCC2)n1. The Kier molecular flexibility index (Phi) is 6.07. The molecular formula is C15H24BrN3O. The molecule has 0 amide bonds. The molecule has 0 saturated heterocycles. The molecule has 2 rings (SSSR count). The highest BCUT2D eigenvalue weighted by atomic mass is 79.9. The number of nitrogens with zero attached hydrogens (tertiary/aromatic N) is 3. The number of aromatic nitrogens is 2. The van der Waals surface area contributed by atoms with Gasteiger partial charge in [0.1, 0.15) is 0 Å². The van der Waals surface area contributed by atoms with E-state index in [0.29, 0.717) is 11.9 Å². The molecule has 0 spiro atoms. The summed E-state index contributed by atoms with van der Waals surface area (Å²) in [6, 6.07) is 2.40. The quantitative estimate of drug-likeness (QED) is 0.737. The van der Waals surface area contributed by atoms with Crippen molar-refractivity contribution in [3.63, 3.8) is 0 Å². The Hall–Kier alpha value is -0.840. The van der Waals surface area contributed by atoms with Gasteiger partial charge in [0, 0.05) is 30.2 Å². The Morgan fingerprint density at radius 1 is 1.35 bits per heavy atom. The van der Waals surface area contributed by atoms with E-state index in [9.17, 15) is 0 Å². The van der Waals surface area contributed by atoms with Crippen LogP contribution in [-0.2, 0) is 0 Å². The first-order chi connectivity index (χ1) is 9.70. The number of alkyl halides is 1. The zero-order chi connectivity index (χ0) is 14.4. The smallest absolute Gasteiger partial charge is 0.228 e. The minimum Gasteiger partial charge on any atom is -0.475 e. The lowest BCUT2D eigenvalue weighted by Crippen LogP contribution is -2.39. The van der Waals surface area contributed by atoms with Crippen molar-refractivity contribution < 1.29 is 4.74 Å². The van der Waals surface area contributed by atoms with E-state index in [2.05, 4.69) is 30.8 Å². The van der Waals surface area contributed by atoms with Gasteiger partial charge in [-0.05, 0) is 26.7 Å². The number of ether oxygens (including phenoxy) is 1. The van der Waals surface area contributed by atoms with Crippen LogP contribution in [0.1, 0.15) is 46.0 Å². The third-order valence-corrected chi connectivity index (χ3v) is 3.93. The van der Waals surface area contributed by atoms with Crippen molar-refractivity contribution in [2.45, 2.75) is 58.1 Å². The average Bonchev–Trinajstić information content (AvgIpc) is 2.45. The second-order valence-electron chi connectivity index (χ2n) is 5.54. The Labute approximate surface area is 130 Å². The molecule has 20 heavy (non-hydrogen) atoms. The summed E-state index contributed by atoms with van der Waals surface area (Å²) < 4.78 is 5.68.